The number of nitrogens with one attached hydrogen (secondary N) is 2. The lowest BCUT2D eigenvalue weighted by Crippen LogP contribution is -2.45. The van der Waals surface area contributed by atoms with Crippen molar-refractivity contribution in [2.24, 2.45) is 5.73 Å². The first kappa shape index (κ1) is 31.2. The SMILES string of the molecule is CCc1nc(C(N)=O)c(Nc2cccc(CCNC(=O)C(C)N(C)C(=O)/C=C/CN(C)C)c2)nc1N(C)CC. The molecule has 212 valence electrons. The third-order valence-corrected chi connectivity index (χ3v) is 6.29. The number of nitrogens with zero attached hydrogens (tertiary/aromatic N) is 5. The zero-order valence-corrected chi connectivity index (χ0v) is 24.1. The maximum atomic E-state index is 12.6. The number of carbonyl (C=O) groups excluding carboxylic acids is 3. The van der Waals surface area contributed by atoms with Crippen molar-refractivity contribution in [1.29, 1.82) is 0 Å². The predicted molar refractivity (Wildman–Crippen MR) is 155 cm³/mol. The van der Waals surface area contributed by atoms with Crippen LogP contribution in [0.3, 0.4) is 0 Å². The minimum Gasteiger partial charge on any atom is -0.364 e. The molecule has 0 aliphatic rings. The summed E-state index contributed by atoms with van der Waals surface area (Å²) in [5.41, 5.74) is 8.08. The van der Waals surface area contributed by atoms with Crippen molar-refractivity contribution in [2.75, 3.05) is 58.0 Å². The summed E-state index contributed by atoms with van der Waals surface area (Å²) in [5, 5.41) is 6.09. The van der Waals surface area contributed by atoms with Crippen LogP contribution in [0, 0.1) is 0 Å². The zero-order valence-electron chi connectivity index (χ0n) is 24.1. The number of benzene rings is 1. The van der Waals surface area contributed by atoms with Gasteiger partial charge in [-0.05, 0) is 58.5 Å². The van der Waals surface area contributed by atoms with Gasteiger partial charge in [0.05, 0.1) is 5.69 Å². The lowest BCUT2D eigenvalue weighted by Gasteiger charge is -2.23. The topological polar surface area (TPSA) is 137 Å². The Morgan fingerprint density at radius 2 is 1.82 bits per heavy atom. The van der Waals surface area contributed by atoms with E-state index in [9.17, 15) is 14.4 Å². The van der Waals surface area contributed by atoms with Gasteiger partial charge >= 0.3 is 0 Å². The van der Waals surface area contributed by atoms with E-state index in [-0.39, 0.29) is 17.5 Å². The van der Waals surface area contributed by atoms with Gasteiger partial charge in [-0.25, -0.2) is 9.97 Å². The molecule has 1 unspecified atom stereocenters. The fourth-order valence-corrected chi connectivity index (χ4v) is 3.68. The summed E-state index contributed by atoms with van der Waals surface area (Å²) < 4.78 is 0. The van der Waals surface area contributed by atoms with E-state index in [1.807, 2.05) is 69.1 Å². The van der Waals surface area contributed by atoms with Crippen LogP contribution in [-0.4, -0.2) is 91.4 Å². The fraction of sp³-hybridized carbons (Fsp3) is 0.464. The molecule has 1 aromatic carbocycles. The van der Waals surface area contributed by atoms with Crippen LogP contribution < -0.4 is 21.3 Å². The lowest BCUT2D eigenvalue weighted by atomic mass is 10.1. The number of likely N-dealkylation sites (N-methyl/N-ethyl adjacent to an activating group) is 2. The average molecular weight is 539 g/mol. The van der Waals surface area contributed by atoms with E-state index in [0.29, 0.717) is 48.9 Å². The second-order valence-electron chi connectivity index (χ2n) is 9.58. The molecule has 3 amide bonds. The van der Waals surface area contributed by atoms with Gasteiger partial charge in [0.1, 0.15) is 6.04 Å². The molecule has 0 bridgehead atoms. The predicted octanol–water partition coefficient (Wildman–Crippen LogP) is 1.96. The summed E-state index contributed by atoms with van der Waals surface area (Å²) in [6, 6.07) is 7.00. The van der Waals surface area contributed by atoms with Crippen molar-refractivity contribution in [2.45, 2.75) is 39.7 Å². The van der Waals surface area contributed by atoms with Crippen molar-refractivity contribution in [3.8, 4) is 0 Å². The standard InChI is InChI=1S/C28H42N8O3/c1-8-22-27(35(6)9-2)33-26(24(32-22)25(29)38)31-21-13-10-12-20(18-21)15-16-30-28(39)19(3)36(7)23(37)14-11-17-34(4)5/h10-14,18-19H,8-9,15-17H2,1-7H3,(H2,29,38)(H,30,39)(H,31,33)/b14-11+. The minimum atomic E-state index is -0.657. The molecule has 0 saturated carbocycles. The number of hydrogen-bond acceptors (Lipinski definition) is 8. The summed E-state index contributed by atoms with van der Waals surface area (Å²) >= 11 is 0. The molecular weight excluding hydrogens is 496 g/mol. The van der Waals surface area contributed by atoms with Crippen LogP contribution in [0.5, 0.6) is 0 Å². The summed E-state index contributed by atoms with van der Waals surface area (Å²) in [4.78, 5) is 51.6. The molecule has 0 aliphatic carbocycles. The molecule has 0 radical (unpaired) electrons. The number of carbonyl (C=O) groups is 3. The molecular formula is C28H42N8O3. The van der Waals surface area contributed by atoms with Crippen molar-refractivity contribution >= 4 is 35.0 Å². The number of amides is 3. The van der Waals surface area contributed by atoms with E-state index in [0.717, 1.165) is 12.1 Å². The quantitative estimate of drug-likeness (QED) is 0.311. The molecule has 4 N–H and O–H groups in total. The van der Waals surface area contributed by atoms with Gasteiger partial charge in [-0.15, -0.1) is 0 Å². The molecule has 11 nitrogen and oxygen atoms in total. The second-order valence-corrected chi connectivity index (χ2v) is 9.58. The van der Waals surface area contributed by atoms with Gasteiger partial charge in [0.2, 0.25) is 11.8 Å². The van der Waals surface area contributed by atoms with E-state index >= 15 is 0 Å². The first-order valence-electron chi connectivity index (χ1n) is 13.1. The Morgan fingerprint density at radius 1 is 1.10 bits per heavy atom. The van der Waals surface area contributed by atoms with Crippen molar-refractivity contribution in [1.82, 2.24) is 25.1 Å². The molecule has 2 rings (SSSR count). The molecule has 39 heavy (non-hydrogen) atoms. The minimum absolute atomic E-state index is 0.0852. The lowest BCUT2D eigenvalue weighted by molar-refractivity contribution is -0.135. The molecule has 1 atom stereocenters. The number of nitrogens with two attached hydrogens (primary N) is 1. The van der Waals surface area contributed by atoms with Gasteiger partial charge in [-0.2, -0.15) is 0 Å². The van der Waals surface area contributed by atoms with E-state index in [1.165, 1.54) is 11.0 Å². The molecule has 2 aromatic rings. The molecule has 0 saturated heterocycles. The van der Waals surface area contributed by atoms with Crippen LogP contribution in [-0.2, 0) is 22.4 Å². The monoisotopic (exact) mass is 538 g/mol. The first-order chi connectivity index (χ1) is 18.5. The number of anilines is 3. The van der Waals surface area contributed by atoms with Gasteiger partial charge in [0.25, 0.3) is 5.91 Å². The van der Waals surface area contributed by atoms with Gasteiger partial charge < -0.3 is 31.1 Å². The largest absolute Gasteiger partial charge is 0.364 e. The highest BCUT2D eigenvalue weighted by Crippen LogP contribution is 2.24. The van der Waals surface area contributed by atoms with Crippen LogP contribution in [0.4, 0.5) is 17.3 Å². The highest BCUT2D eigenvalue weighted by atomic mass is 16.2. The van der Waals surface area contributed by atoms with Crippen LogP contribution in [0.25, 0.3) is 0 Å². The van der Waals surface area contributed by atoms with Gasteiger partial charge in [0.15, 0.2) is 17.3 Å². The Kier molecular flexibility index (Phi) is 11.9. The van der Waals surface area contributed by atoms with E-state index in [2.05, 4.69) is 20.6 Å². The first-order valence-corrected chi connectivity index (χ1v) is 13.1. The molecule has 0 aliphatic heterocycles. The molecule has 1 aromatic heterocycles. The highest BCUT2D eigenvalue weighted by molar-refractivity contribution is 5.96. The summed E-state index contributed by atoms with van der Waals surface area (Å²) in [7, 11) is 7.36. The van der Waals surface area contributed by atoms with Gasteiger partial charge in [-0.3, -0.25) is 14.4 Å². The van der Waals surface area contributed by atoms with Crippen molar-refractivity contribution < 1.29 is 14.4 Å². The molecule has 1 heterocycles. The van der Waals surface area contributed by atoms with Gasteiger partial charge in [-0.1, -0.05) is 25.1 Å². The van der Waals surface area contributed by atoms with E-state index in [4.69, 9.17) is 5.73 Å². The van der Waals surface area contributed by atoms with E-state index in [1.54, 1.807) is 20.0 Å². The fourth-order valence-electron chi connectivity index (χ4n) is 3.68. The number of primary amides is 1. The highest BCUT2D eigenvalue weighted by Gasteiger charge is 2.21. The zero-order chi connectivity index (χ0) is 29.1. The average Bonchev–Trinajstić information content (AvgIpc) is 2.91. The third-order valence-electron chi connectivity index (χ3n) is 6.29. The van der Waals surface area contributed by atoms with Crippen molar-refractivity contribution in [3.63, 3.8) is 0 Å². The van der Waals surface area contributed by atoms with E-state index < -0.39 is 11.9 Å². The number of hydrogen-bond donors (Lipinski definition) is 3. The second kappa shape index (κ2) is 14.8. The Hall–Kier alpha value is -3.99. The van der Waals surface area contributed by atoms with Gasteiger partial charge in [0, 0.05) is 45.5 Å². The molecule has 0 fully saturated rings. The molecule has 11 heteroatoms. The van der Waals surface area contributed by atoms with Crippen LogP contribution in [0.2, 0.25) is 0 Å². The Balaban J connectivity index is 2.06. The normalized spacial score (nSPS) is 11.9. The third kappa shape index (κ3) is 9.06. The van der Waals surface area contributed by atoms with Crippen LogP contribution in [0.15, 0.2) is 36.4 Å². The van der Waals surface area contributed by atoms with Crippen LogP contribution >= 0.6 is 0 Å². The Morgan fingerprint density at radius 3 is 2.44 bits per heavy atom. The number of aryl methyl sites for hydroxylation is 1. The summed E-state index contributed by atoms with van der Waals surface area (Å²) in [6.45, 7) is 7.44. The summed E-state index contributed by atoms with van der Waals surface area (Å²) in [5.74, 6) is -0.128. The Labute approximate surface area is 231 Å². The number of aromatic nitrogens is 2. The smallest absolute Gasteiger partial charge is 0.271 e. The van der Waals surface area contributed by atoms with Crippen LogP contribution in [0.1, 0.15) is 42.5 Å². The number of rotatable bonds is 14. The maximum Gasteiger partial charge on any atom is 0.271 e. The summed E-state index contributed by atoms with van der Waals surface area (Å²) in [6.07, 6.45) is 4.43. The molecule has 0 spiro atoms. The van der Waals surface area contributed by atoms with Crippen molar-refractivity contribution in [3.05, 3.63) is 53.4 Å². The maximum absolute atomic E-state index is 12.6. The Bertz CT molecular complexity index is 1180.